The Morgan fingerprint density at radius 3 is 2.85 bits per heavy atom. The highest BCUT2D eigenvalue weighted by Crippen LogP contribution is 2.35. The quantitative estimate of drug-likeness (QED) is 0.872. The van der Waals surface area contributed by atoms with E-state index < -0.39 is 0 Å². The molecule has 3 aliphatic heterocycles. The van der Waals surface area contributed by atoms with Gasteiger partial charge in [0, 0.05) is 44.3 Å². The Morgan fingerprint density at radius 1 is 1.23 bits per heavy atom. The lowest BCUT2D eigenvalue weighted by molar-refractivity contribution is -0.0509. The van der Waals surface area contributed by atoms with Gasteiger partial charge in [-0.05, 0) is 24.1 Å². The van der Waals surface area contributed by atoms with Gasteiger partial charge in [0.05, 0.1) is 26.4 Å². The summed E-state index contributed by atoms with van der Waals surface area (Å²) in [5, 5.41) is 10.7. The lowest BCUT2D eigenvalue weighted by Gasteiger charge is -2.43. The van der Waals surface area contributed by atoms with Gasteiger partial charge in [-0.3, -0.25) is 9.80 Å². The molecule has 0 aliphatic carbocycles. The van der Waals surface area contributed by atoms with Crippen LogP contribution in [0.4, 0.5) is 0 Å². The number of ether oxygens (including phenoxy) is 3. The number of piperidine rings is 1. The molecule has 2 saturated heterocycles. The number of para-hydroxylation sites is 1. The number of aliphatic hydroxyl groups excluding tert-OH is 1. The molecule has 0 spiro atoms. The van der Waals surface area contributed by atoms with Crippen LogP contribution in [0.1, 0.15) is 12.0 Å². The average Bonchev–Trinajstić information content (AvgIpc) is 2.68. The van der Waals surface area contributed by atoms with Crippen LogP contribution in [0.5, 0.6) is 11.5 Å². The minimum atomic E-state index is -0.306. The van der Waals surface area contributed by atoms with Crippen molar-refractivity contribution in [2.75, 3.05) is 59.7 Å². The summed E-state index contributed by atoms with van der Waals surface area (Å²) in [5.41, 5.74) is 2.30. The minimum Gasteiger partial charge on any atom is -0.493 e. The van der Waals surface area contributed by atoms with E-state index in [2.05, 4.69) is 21.9 Å². The van der Waals surface area contributed by atoms with Crippen LogP contribution in [0.25, 0.3) is 6.08 Å². The van der Waals surface area contributed by atoms with Crippen molar-refractivity contribution in [1.82, 2.24) is 9.80 Å². The molecule has 1 aromatic rings. The fourth-order valence-corrected chi connectivity index (χ4v) is 4.23. The van der Waals surface area contributed by atoms with Gasteiger partial charge < -0.3 is 19.3 Å². The summed E-state index contributed by atoms with van der Waals surface area (Å²) in [6, 6.07) is 6.22. The first-order valence-corrected chi connectivity index (χ1v) is 9.46. The van der Waals surface area contributed by atoms with Crippen molar-refractivity contribution in [3.05, 3.63) is 29.3 Å². The van der Waals surface area contributed by atoms with Crippen LogP contribution in [0, 0.1) is 0 Å². The van der Waals surface area contributed by atoms with E-state index in [-0.39, 0.29) is 12.1 Å². The Balaban J connectivity index is 1.37. The molecule has 0 bridgehead atoms. The molecule has 6 heteroatoms. The first-order chi connectivity index (χ1) is 12.7. The monoisotopic (exact) mass is 360 g/mol. The van der Waals surface area contributed by atoms with E-state index in [1.807, 2.05) is 12.1 Å². The number of fused-ring (bicyclic) bond motifs is 1. The molecule has 4 rings (SSSR count). The zero-order valence-corrected chi connectivity index (χ0v) is 15.4. The number of likely N-dealkylation sites (tertiary alicyclic amines) is 1. The van der Waals surface area contributed by atoms with Crippen molar-refractivity contribution in [1.29, 1.82) is 0 Å². The Bertz CT molecular complexity index is 657. The van der Waals surface area contributed by atoms with Gasteiger partial charge in [0.15, 0.2) is 11.5 Å². The summed E-state index contributed by atoms with van der Waals surface area (Å²) in [5.74, 6) is 1.60. The van der Waals surface area contributed by atoms with Gasteiger partial charge in [0.1, 0.15) is 6.61 Å². The van der Waals surface area contributed by atoms with Gasteiger partial charge in [-0.2, -0.15) is 0 Å². The van der Waals surface area contributed by atoms with E-state index >= 15 is 0 Å². The molecule has 26 heavy (non-hydrogen) atoms. The van der Waals surface area contributed by atoms with E-state index in [1.165, 1.54) is 5.57 Å². The summed E-state index contributed by atoms with van der Waals surface area (Å²) in [6.07, 6.45) is 2.89. The second kappa shape index (κ2) is 7.96. The number of nitrogens with zero attached hydrogens (tertiary/aromatic N) is 2. The fraction of sp³-hybridized carbons (Fsp3) is 0.600. The molecular formula is C20H28N2O4. The van der Waals surface area contributed by atoms with E-state index in [0.717, 1.165) is 62.9 Å². The van der Waals surface area contributed by atoms with Gasteiger partial charge in [-0.25, -0.2) is 0 Å². The van der Waals surface area contributed by atoms with Gasteiger partial charge in [-0.15, -0.1) is 0 Å². The van der Waals surface area contributed by atoms with E-state index in [9.17, 15) is 5.11 Å². The number of hydrogen-bond donors (Lipinski definition) is 1. The second-order valence-electron chi connectivity index (χ2n) is 7.28. The lowest BCUT2D eigenvalue weighted by atomic mass is 9.98. The normalized spacial score (nSPS) is 27.4. The van der Waals surface area contributed by atoms with Gasteiger partial charge in [0.25, 0.3) is 0 Å². The Kier molecular flexibility index (Phi) is 5.45. The molecule has 0 amide bonds. The van der Waals surface area contributed by atoms with Crippen molar-refractivity contribution >= 4 is 6.08 Å². The van der Waals surface area contributed by atoms with Crippen molar-refractivity contribution in [2.45, 2.75) is 18.6 Å². The third kappa shape index (κ3) is 3.74. The molecule has 142 valence electrons. The van der Waals surface area contributed by atoms with Crippen LogP contribution in [0.2, 0.25) is 0 Å². The molecule has 6 nitrogen and oxygen atoms in total. The molecule has 3 aliphatic rings. The highest BCUT2D eigenvalue weighted by molar-refractivity contribution is 5.66. The Labute approximate surface area is 154 Å². The third-order valence-electron chi connectivity index (χ3n) is 5.56. The van der Waals surface area contributed by atoms with Crippen molar-refractivity contribution < 1.29 is 19.3 Å². The third-order valence-corrected chi connectivity index (χ3v) is 5.56. The minimum absolute atomic E-state index is 0.261. The SMILES string of the molecule is COc1cccc2c1OCC(CN1CC[C@@H](N3CCOCC3)[C@H](O)C1)=C2. The topological polar surface area (TPSA) is 54.4 Å². The van der Waals surface area contributed by atoms with Crippen molar-refractivity contribution in [3.63, 3.8) is 0 Å². The van der Waals surface area contributed by atoms with Crippen LogP contribution >= 0.6 is 0 Å². The molecule has 1 aromatic carbocycles. The Hall–Kier alpha value is -1.60. The summed E-state index contributed by atoms with van der Waals surface area (Å²) < 4.78 is 16.7. The number of β-amino-alcohol motifs (C(OH)–C–C–N with tert-alkyl or cyclic N) is 1. The van der Waals surface area contributed by atoms with Gasteiger partial charge in [-0.1, -0.05) is 12.1 Å². The number of rotatable bonds is 4. The predicted octanol–water partition coefficient (Wildman–Crippen LogP) is 1.24. The van der Waals surface area contributed by atoms with Crippen LogP contribution in [0.3, 0.4) is 0 Å². The van der Waals surface area contributed by atoms with Crippen LogP contribution in [-0.2, 0) is 4.74 Å². The average molecular weight is 360 g/mol. The van der Waals surface area contributed by atoms with Gasteiger partial charge >= 0.3 is 0 Å². The number of aliphatic hydroxyl groups is 1. The number of benzene rings is 1. The zero-order chi connectivity index (χ0) is 17.9. The smallest absolute Gasteiger partial charge is 0.168 e. The van der Waals surface area contributed by atoms with Crippen LogP contribution in [-0.4, -0.2) is 86.7 Å². The first-order valence-electron chi connectivity index (χ1n) is 9.46. The maximum atomic E-state index is 10.7. The van der Waals surface area contributed by atoms with Gasteiger partial charge in [0.2, 0.25) is 0 Å². The summed E-state index contributed by atoms with van der Waals surface area (Å²) >= 11 is 0. The highest BCUT2D eigenvalue weighted by atomic mass is 16.5. The van der Waals surface area contributed by atoms with Crippen LogP contribution < -0.4 is 9.47 Å². The van der Waals surface area contributed by atoms with Crippen LogP contribution in [0.15, 0.2) is 23.8 Å². The highest BCUT2D eigenvalue weighted by Gasteiger charge is 2.33. The summed E-state index contributed by atoms with van der Waals surface area (Å²) in [7, 11) is 1.66. The number of methoxy groups -OCH3 is 1. The molecule has 2 atom stereocenters. The maximum Gasteiger partial charge on any atom is 0.168 e. The molecule has 1 N–H and O–H groups in total. The molecule has 2 fully saturated rings. The predicted molar refractivity (Wildman–Crippen MR) is 99.7 cm³/mol. The molecule has 0 unspecified atom stereocenters. The van der Waals surface area contributed by atoms with Crippen molar-refractivity contribution in [2.24, 2.45) is 0 Å². The molecular weight excluding hydrogens is 332 g/mol. The van der Waals surface area contributed by atoms with E-state index in [1.54, 1.807) is 7.11 Å². The zero-order valence-electron chi connectivity index (χ0n) is 15.4. The lowest BCUT2D eigenvalue weighted by Crippen LogP contribution is -2.56. The van der Waals surface area contributed by atoms with E-state index in [0.29, 0.717) is 13.2 Å². The standard InChI is InChI=1S/C20H28N2O4/c1-24-19-4-2-3-16-11-15(14-26-20(16)19)12-21-6-5-17(18(23)13-21)22-7-9-25-10-8-22/h2-4,11,17-18,23H,5-10,12-14H2,1H3/t17-,18-/m1/s1. The molecule has 0 aromatic heterocycles. The largest absolute Gasteiger partial charge is 0.493 e. The summed E-state index contributed by atoms with van der Waals surface area (Å²) in [4.78, 5) is 4.72. The first kappa shape index (κ1) is 17.8. The molecule has 0 radical (unpaired) electrons. The second-order valence-corrected chi connectivity index (χ2v) is 7.28. The maximum absolute atomic E-state index is 10.7. The summed E-state index contributed by atoms with van der Waals surface area (Å²) in [6.45, 7) is 6.54. The number of hydrogen-bond acceptors (Lipinski definition) is 6. The van der Waals surface area contributed by atoms with Crippen molar-refractivity contribution in [3.8, 4) is 11.5 Å². The number of morpholine rings is 1. The molecule has 0 saturated carbocycles. The molecule has 3 heterocycles. The van der Waals surface area contributed by atoms with E-state index in [4.69, 9.17) is 14.2 Å². The Morgan fingerprint density at radius 2 is 2.08 bits per heavy atom. The fourth-order valence-electron chi connectivity index (χ4n) is 4.23.